The monoisotopic (exact) mass is 614 g/mol. The average molecular weight is 615 g/mol. The number of hydrogen-bond donors (Lipinski definition) is 1. The number of ether oxygens (including phenoxy) is 4. The van der Waals surface area contributed by atoms with Crippen LogP contribution in [-0.2, 0) is 26.4 Å². The fraction of sp³-hybridized carbons (Fsp3) is 0.636. The van der Waals surface area contributed by atoms with Crippen molar-refractivity contribution in [3.8, 4) is 5.75 Å². The Morgan fingerprint density at radius 2 is 1.55 bits per heavy atom. The summed E-state index contributed by atoms with van der Waals surface area (Å²) < 4.78 is 23.8. The number of fused-ring (bicyclic) bond motifs is 1. The molecule has 2 aliphatic rings. The van der Waals surface area contributed by atoms with E-state index in [0.717, 1.165) is 61.4 Å². The molecule has 2 aliphatic heterocycles. The Balaban J connectivity index is 1.52. The summed E-state index contributed by atoms with van der Waals surface area (Å²) in [7, 11) is -2.33. The molecule has 9 heteroatoms. The van der Waals surface area contributed by atoms with Gasteiger partial charge in [-0.15, -0.1) is 0 Å². The molecule has 0 saturated carbocycles. The van der Waals surface area contributed by atoms with E-state index in [1.54, 1.807) is 0 Å². The molecule has 0 amide bonds. The number of anilines is 1. The van der Waals surface area contributed by atoms with Crippen LogP contribution in [0, 0.1) is 0 Å². The van der Waals surface area contributed by atoms with Crippen molar-refractivity contribution >= 4 is 21.8 Å². The Bertz CT molecular complexity index is 1120. The first-order chi connectivity index (χ1) is 19.9. The van der Waals surface area contributed by atoms with Gasteiger partial charge in [0.1, 0.15) is 24.3 Å². The van der Waals surface area contributed by atoms with Gasteiger partial charge >= 0.3 is 0 Å². The maximum Gasteiger partial charge on any atom is 0.189 e. The molecule has 42 heavy (non-hydrogen) atoms. The van der Waals surface area contributed by atoms with Crippen molar-refractivity contribution in [1.29, 1.82) is 0 Å². The smallest absolute Gasteiger partial charge is 0.189 e. The van der Waals surface area contributed by atoms with Crippen molar-refractivity contribution in [2.24, 2.45) is 0 Å². The maximum atomic E-state index is 12.4. The standard InChI is InChI=1S/C33H54N2O5Si2/c1-33(36,32-34-17-11-14-29(34)23-35(32)28-12-9-8-10-13-28)30-16-15-27(24-39-25-37-18-20-41(2,3)4)22-31(30)40-26-38-19-21-42(5,6)7/h8-10,12-13,15-16,22,29,32,36H,11,14,17-21,23-26H2,1-7H3/t29-,32+,33+/m0/s1. The van der Waals surface area contributed by atoms with Crippen molar-refractivity contribution in [2.75, 3.05) is 44.8 Å². The van der Waals surface area contributed by atoms with Crippen LogP contribution in [0.1, 0.15) is 30.9 Å². The summed E-state index contributed by atoms with van der Waals surface area (Å²) in [5, 5.41) is 12.4. The topological polar surface area (TPSA) is 63.6 Å². The molecule has 0 aromatic heterocycles. The molecule has 2 aromatic carbocycles. The van der Waals surface area contributed by atoms with E-state index in [4.69, 9.17) is 18.9 Å². The summed E-state index contributed by atoms with van der Waals surface area (Å²) in [6.07, 6.45) is 2.11. The Hall–Kier alpha value is -1.73. The number of rotatable bonds is 16. The number of benzene rings is 2. The second kappa shape index (κ2) is 14.4. The van der Waals surface area contributed by atoms with Gasteiger partial charge < -0.3 is 29.0 Å². The summed E-state index contributed by atoms with van der Waals surface area (Å²) in [5.41, 5.74) is 1.69. The lowest BCUT2D eigenvalue weighted by molar-refractivity contribution is -0.0575. The molecule has 2 fully saturated rings. The Morgan fingerprint density at radius 1 is 0.881 bits per heavy atom. The first-order valence-electron chi connectivity index (χ1n) is 15.6. The Kier molecular flexibility index (Phi) is 11.3. The molecule has 0 unspecified atom stereocenters. The molecule has 2 heterocycles. The third kappa shape index (κ3) is 9.14. The Morgan fingerprint density at radius 3 is 2.21 bits per heavy atom. The van der Waals surface area contributed by atoms with Gasteiger partial charge in [-0.05, 0) is 55.6 Å². The van der Waals surface area contributed by atoms with Crippen LogP contribution in [0.3, 0.4) is 0 Å². The molecular formula is C33H54N2O5Si2. The zero-order chi connectivity index (χ0) is 30.4. The van der Waals surface area contributed by atoms with E-state index in [1.807, 2.05) is 31.2 Å². The van der Waals surface area contributed by atoms with Gasteiger partial charge in [-0.1, -0.05) is 69.6 Å². The van der Waals surface area contributed by atoms with Gasteiger partial charge in [0.05, 0.1) is 6.61 Å². The van der Waals surface area contributed by atoms with Crippen LogP contribution in [0.5, 0.6) is 5.75 Å². The lowest BCUT2D eigenvalue weighted by atomic mass is 9.89. The minimum Gasteiger partial charge on any atom is -0.467 e. The second-order valence-corrected chi connectivity index (χ2v) is 25.8. The summed E-state index contributed by atoms with van der Waals surface area (Å²) >= 11 is 0. The molecule has 234 valence electrons. The highest BCUT2D eigenvalue weighted by Crippen LogP contribution is 2.44. The van der Waals surface area contributed by atoms with Gasteiger partial charge in [0.25, 0.3) is 0 Å². The van der Waals surface area contributed by atoms with Crippen molar-refractivity contribution in [1.82, 2.24) is 4.90 Å². The molecule has 1 N–H and O–H groups in total. The zero-order valence-corrected chi connectivity index (χ0v) is 29.0. The molecule has 0 bridgehead atoms. The van der Waals surface area contributed by atoms with Crippen molar-refractivity contribution < 1.29 is 24.1 Å². The molecule has 2 aromatic rings. The van der Waals surface area contributed by atoms with Crippen molar-refractivity contribution in [3.05, 3.63) is 59.7 Å². The highest BCUT2D eigenvalue weighted by atomic mass is 28.3. The number of hydrogen-bond acceptors (Lipinski definition) is 7. The van der Waals surface area contributed by atoms with Gasteiger partial charge in [-0.3, -0.25) is 4.90 Å². The quantitative estimate of drug-likeness (QED) is 0.128. The third-order valence-corrected chi connectivity index (χ3v) is 11.8. The van der Waals surface area contributed by atoms with Crippen LogP contribution in [0.15, 0.2) is 48.5 Å². The van der Waals surface area contributed by atoms with E-state index in [0.29, 0.717) is 25.0 Å². The van der Waals surface area contributed by atoms with E-state index in [2.05, 4.69) is 73.3 Å². The average Bonchev–Trinajstić information content (AvgIpc) is 3.51. The van der Waals surface area contributed by atoms with Crippen LogP contribution in [0.4, 0.5) is 5.69 Å². The van der Waals surface area contributed by atoms with Crippen LogP contribution in [0.25, 0.3) is 0 Å². The molecule has 0 spiro atoms. The number of aliphatic hydroxyl groups is 1. The van der Waals surface area contributed by atoms with Gasteiger partial charge in [0, 0.05) is 59.7 Å². The van der Waals surface area contributed by atoms with E-state index < -0.39 is 21.7 Å². The van der Waals surface area contributed by atoms with Gasteiger partial charge in [-0.25, -0.2) is 0 Å². The fourth-order valence-corrected chi connectivity index (χ4v) is 7.42. The lowest BCUT2D eigenvalue weighted by Gasteiger charge is -2.42. The molecule has 0 radical (unpaired) electrons. The lowest BCUT2D eigenvalue weighted by Crippen LogP contribution is -2.53. The van der Waals surface area contributed by atoms with E-state index in [-0.39, 0.29) is 19.8 Å². The van der Waals surface area contributed by atoms with E-state index in [1.165, 1.54) is 0 Å². The SMILES string of the molecule is C[C@@](O)(c1ccc(COCOCC[Si](C)(C)C)cc1OCOCC[Si](C)(C)C)[C@H]1N(c2ccccc2)C[C@@H]2CCCN21. The minimum absolute atomic E-state index is 0.150. The summed E-state index contributed by atoms with van der Waals surface area (Å²) in [6.45, 7) is 20.1. The van der Waals surface area contributed by atoms with Gasteiger partial charge in [0.2, 0.25) is 0 Å². The minimum atomic E-state index is -1.20. The normalized spacial score (nSPS) is 21.0. The fourth-order valence-electron chi connectivity index (χ4n) is 5.91. The highest BCUT2D eigenvalue weighted by Gasteiger charge is 2.51. The van der Waals surface area contributed by atoms with Gasteiger partial charge in [-0.2, -0.15) is 0 Å². The summed E-state index contributed by atoms with van der Waals surface area (Å²) in [5.74, 6) is 0.643. The highest BCUT2D eigenvalue weighted by molar-refractivity contribution is 6.76. The molecule has 4 rings (SSSR count). The number of nitrogens with zero attached hydrogens (tertiary/aromatic N) is 2. The van der Waals surface area contributed by atoms with Crippen LogP contribution < -0.4 is 9.64 Å². The first kappa shape index (κ1) is 33.2. The molecule has 7 nitrogen and oxygen atoms in total. The Labute approximate surface area is 256 Å². The molecule has 0 aliphatic carbocycles. The molecular weight excluding hydrogens is 561 g/mol. The van der Waals surface area contributed by atoms with Crippen LogP contribution >= 0.6 is 0 Å². The first-order valence-corrected chi connectivity index (χ1v) is 23.1. The maximum absolute atomic E-state index is 12.4. The second-order valence-electron chi connectivity index (χ2n) is 14.5. The van der Waals surface area contributed by atoms with Crippen molar-refractivity contribution in [2.45, 2.75) is 95.6 Å². The van der Waals surface area contributed by atoms with Crippen LogP contribution in [-0.4, -0.2) is 78.3 Å². The van der Waals surface area contributed by atoms with Gasteiger partial charge in [0.15, 0.2) is 6.79 Å². The van der Waals surface area contributed by atoms with Crippen molar-refractivity contribution in [3.63, 3.8) is 0 Å². The van der Waals surface area contributed by atoms with Crippen LogP contribution in [0.2, 0.25) is 51.4 Å². The summed E-state index contributed by atoms with van der Waals surface area (Å²) in [6, 6.07) is 19.1. The van der Waals surface area contributed by atoms with E-state index in [9.17, 15) is 5.11 Å². The zero-order valence-electron chi connectivity index (χ0n) is 27.0. The summed E-state index contributed by atoms with van der Waals surface area (Å²) in [4.78, 5) is 4.85. The molecule has 3 atom stereocenters. The predicted molar refractivity (Wildman–Crippen MR) is 177 cm³/mol. The number of para-hydroxylation sites is 1. The van der Waals surface area contributed by atoms with E-state index >= 15 is 0 Å². The predicted octanol–water partition coefficient (Wildman–Crippen LogP) is 6.72. The third-order valence-electron chi connectivity index (χ3n) is 8.35. The molecule has 2 saturated heterocycles. The largest absolute Gasteiger partial charge is 0.467 e.